The van der Waals surface area contributed by atoms with Gasteiger partial charge in [0.15, 0.2) is 11.5 Å². The lowest BCUT2D eigenvalue weighted by atomic mass is 9.94. The zero-order chi connectivity index (χ0) is 23.7. The molecule has 2 aromatic carbocycles. The number of aliphatic hydroxyl groups excluding tert-OH is 1. The third-order valence-electron chi connectivity index (χ3n) is 6.64. The van der Waals surface area contributed by atoms with Gasteiger partial charge in [-0.2, -0.15) is 0 Å². The maximum atomic E-state index is 13.4. The predicted octanol–water partition coefficient (Wildman–Crippen LogP) is 4.40. The number of amides is 1. The van der Waals surface area contributed by atoms with Gasteiger partial charge in [-0.3, -0.25) is 14.5 Å². The van der Waals surface area contributed by atoms with Crippen molar-refractivity contribution in [3.63, 3.8) is 0 Å². The minimum Gasteiger partial charge on any atom is -0.508 e. The molecule has 34 heavy (non-hydrogen) atoms. The normalized spacial score (nSPS) is 19.7. The Morgan fingerprint density at radius 1 is 0.971 bits per heavy atom. The first kappa shape index (κ1) is 22.0. The van der Waals surface area contributed by atoms with E-state index in [1.165, 1.54) is 24.5 Å². The van der Waals surface area contributed by atoms with Crippen LogP contribution in [0.25, 0.3) is 0 Å². The molecule has 0 aliphatic carbocycles. The van der Waals surface area contributed by atoms with Crippen LogP contribution in [0.15, 0.2) is 88.7 Å². The fraction of sp³-hybridized carbons (Fsp3) is 0.259. The summed E-state index contributed by atoms with van der Waals surface area (Å²) in [7, 11) is 0. The number of carbonyl (C=O) groups excluding carboxylic acids is 2. The van der Waals surface area contributed by atoms with E-state index in [4.69, 9.17) is 4.42 Å². The number of rotatable bonds is 7. The molecule has 1 amide bonds. The first-order chi connectivity index (χ1) is 16.5. The summed E-state index contributed by atoms with van der Waals surface area (Å²) in [4.78, 5) is 30.6. The molecular formula is C27H26N2O5. The second kappa shape index (κ2) is 9.19. The summed E-state index contributed by atoms with van der Waals surface area (Å²) in [5, 5.41) is 20.7. The van der Waals surface area contributed by atoms with Crippen molar-refractivity contribution in [2.75, 3.05) is 19.6 Å². The minimum absolute atomic E-state index is 0.0149. The third kappa shape index (κ3) is 3.99. The molecule has 174 valence electrons. The second-order valence-electron chi connectivity index (χ2n) is 8.69. The van der Waals surface area contributed by atoms with Crippen LogP contribution in [0.1, 0.15) is 46.6 Å². The number of carbonyl (C=O) groups is 2. The van der Waals surface area contributed by atoms with Crippen LogP contribution in [-0.4, -0.2) is 51.3 Å². The fourth-order valence-corrected chi connectivity index (χ4v) is 4.96. The van der Waals surface area contributed by atoms with Gasteiger partial charge >= 0.3 is 0 Å². The van der Waals surface area contributed by atoms with Crippen LogP contribution < -0.4 is 0 Å². The molecule has 2 N–H and O–H groups in total. The minimum atomic E-state index is -0.806. The van der Waals surface area contributed by atoms with E-state index in [9.17, 15) is 19.8 Å². The van der Waals surface area contributed by atoms with Crippen molar-refractivity contribution in [1.29, 1.82) is 0 Å². The van der Waals surface area contributed by atoms with Gasteiger partial charge in [-0.25, -0.2) is 0 Å². The van der Waals surface area contributed by atoms with Gasteiger partial charge in [0.05, 0.1) is 23.9 Å². The fourth-order valence-electron chi connectivity index (χ4n) is 4.96. The SMILES string of the molecule is O=C(C1=C(O)C(=O)N(CC(c2ccccc2)N2CCCC2)C1c1ccc(O)cc1)c1ccco1. The Bertz CT molecular complexity index is 1200. The van der Waals surface area contributed by atoms with Crippen molar-refractivity contribution < 1.29 is 24.2 Å². The molecule has 5 rings (SSSR count). The molecule has 0 bridgehead atoms. The van der Waals surface area contributed by atoms with E-state index in [2.05, 4.69) is 4.90 Å². The zero-order valence-electron chi connectivity index (χ0n) is 18.6. The van der Waals surface area contributed by atoms with E-state index in [0.29, 0.717) is 12.1 Å². The van der Waals surface area contributed by atoms with Crippen LogP contribution in [0.2, 0.25) is 0 Å². The Morgan fingerprint density at radius 3 is 2.32 bits per heavy atom. The molecule has 7 nitrogen and oxygen atoms in total. The van der Waals surface area contributed by atoms with Crippen LogP contribution in [-0.2, 0) is 4.79 Å². The van der Waals surface area contributed by atoms with E-state index in [-0.39, 0.29) is 23.1 Å². The number of ketones is 1. The summed E-state index contributed by atoms with van der Waals surface area (Å²) >= 11 is 0. The number of aromatic hydroxyl groups is 1. The smallest absolute Gasteiger partial charge is 0.290 e. The molecule has 0 saturated carbocycles. The van der Waals surface area contributed by atoms with E-state index in [0.717, 1.165) is 31.5 Å². The summed E-state index contributed by atoms with van der Waals surface area (Å²) in [6.07, 6.45) is 3.56. The van der Waals surface area contributed by atoms with Crippen LogP contribution >= 0.6 is 0 Å². The van der Waals surface area contributed by atoms with Crippen LogP contribution in [0.5, 0.6) is 5.75 Å². The monoisotopic (exact) mass is 458 g/mol. The largest absolute Gasteiger partial charge is 0.508 e. The number of phenolic OH excluding ortho intramolecular Hbond substituents is 1. The number of furan rings is 1. The lowest BCUT2D eigenvalue weighted by Crippen LogP contribution is -2.40. The first-order valence-electron chi connectivity index (χ1n) is 11.4. The van der Waals surface area contributed by atoms with E-state index in [1.807, 2.05) is 30.3 Å². The van der Waals surface area contributed by atoms with Crippen molar-refractivity contribution in [1.82, 2.24) is 9.80 Å². The van der Waals surface area contributed by atoms with Crippen molar-refractivity contribution in [3.05, 3.63) is 101 Å². The van der Waals surface area contributed by atoms with E-state index in [1.54, 1.807) is 23.1 Å². The maximum absolute atomic E-state index is 13.4. The number of Topliss-reactive ketones (excluding diaryl/α,β-unsaturated/α-hetero) is 1. The van der Waals surface area contributed by atoms with Gasteiger partial charge in [0.2, 0.25) is 5.78 Å². The molecular weight excluding hydrogens is 432 g/mol. The van der Waals surface area contributed by atoms with Gasteiger partial charge in [0, 0.05) is 6.54 Å². The average molecular weight is 459 g/mol. The molecule has 1 fully saturated rings. The summed E-state index contributed by atoms with van der Waals surface area (Å²) in [6, 6.07) is 18.6. The number of hydrogen-bond donors (Lipinski definition) is 2. The lowest BCUT2D eigenvalue weighted by Gasteiger charge is -2.35. The Labute approximate surface area is 197 Å². The van der Waals surface area contributed by atoms with Crippen LogP contribution in [0, 0.1) is 0 Å². The standard InChI is InChI=1S/C27H26N2O5/c30-20-12-10-19(11-13-20)24-23(25(31)22-9-6-16-34-22)26(32)27(33)29(24)17-21(28-14-4-5-15-28)18-7-2-1-3-8-18/h1-3,6-13,16,21,24,30,32H,4-5,14-15,17H2. The van der Waals surface area contributed by atoms with Crippen LogP contribution in [0.4, 0.5) is 0 Å². The Morgan fingerprint density at radius 2 is 1.68 bits per heavy atom. The second-order valence-corrected chi connectivity index (χ2v) is 8.69. The lowest BCUT2D eigenvalue weighted by molar-refractivity contribution is -0.130. The molecule has 2 aliphatic heterocycles. The Hall–Kier alpha value is -3.84. The van der Waals surface area contributed by atoms with Crippen LogP contribution in [0.3, 0.4) is 0 Å². The quantitative estimate of drug-likeness (QED) is 0.510. The summed E-state index contributed by atoms with van der Waals surface area (Å²) < 4.78 is 5.29. The Kier molecular flexibility index (Phi) is 5.94. The highest BCUT2D eigenvalue weighted by atomic mass is 16.3. The van der Waals surface area contributed by atoms with Gasteiger partial charge in [-0.15, -0.1) is 0 Å². The highest BCUT2D eigenvalue weighted by molar-refractivity contribution is 6.15. The zero-order valence-corrected chi connectivity index (χ0v) is 18.6. The highest BCUT2D eigenvalue weighted by Crippen LogP contribution is 2.41. The molecule has 0 radical (unpaired) electrons. The van der Waals surface area contributed by atoms with Crippen molar-refractivity contribution in [2.24, 2.45) is 0 Å². The molecule has 3 aromatic rings. The molecule has 1 saturated heterocycles. The van der Waals surface area contributed by atoms with Gasteiger partial charge in [0.1, 0.15) is 5.75 Å². The third-order valence-corrected chi connectivity index (χ3v) is 6.64. The topological polar surface area (TPSA) is 94.2 Å². The maximum Gasteiger partial charge on any atom is 0.290 e. The van der Waals surface area contributed by atoms with Gasteiger partial charge in [-0.1, -0.05) is 42.5 Å². The average Bonchev–Trinajstić information content (AvgIpc) is 3.62. The number of nitrogens with zero attached hydrogens (tertiary/aromatic N) is 2. The van der Waals surface area contributed by atoms with Gasteiger partial charge < -0.3 is 19.5 Å². The summed E-state index contributed by atoms with van der Waals surface area (Å²) in [5.74, 6) is -1.56. The highest BCUT2D eigenvalue weighted by Gasteiger charge is 2.45. The summed E-state index contributed by atoms with van der Waals surface area (Å²) in [6.45, 7) is 2.14. The van der Waals surface area contributed by atoms with Gasteiger partial charge in [0.25, 0.3) is 5.91 Å². The number of likely N-dealkylation sites (tertiary alicyclic amines) is 1. The number of phenols is 1. The van der Waals surface area contributed by atoms with Crippen molar-refractivity contribution >= 4 is 11.7 Å². The molecule has 7 heteroatoms. The molecule has 2 aliphatic rings. The molecule has 2 atom stereocenters. The number of aliphatic hydroxyl groups is 1. The van der Waals surface area contributed by atoms with E-state index >= 15 is 0 Å². The molecule has 2 unspecified atom stereocenters. The van der Waals surface area contributed by atoms with Crippen molar-refractivity contribution in [3.8, 4) is 5.75 Å². The molecule has 0 spiro atoms. The summed E-state index contributed by atoms with van der Waals surface area (Å²) in [5.41, 5.74) is 1.68. The first-order valence-corrected chi connectivity index (χ1v) is 11.4. The Balaban J connectivity index is 1.56. The number of hydrogen-bond acceptors (Lipinski definition) is 6. The molecule has 3 heterocycles. The predicted molar refractivity (Wildman–Crippen MR) is 125 cm³/mol. The van der Waals surface area contributed by atoms with E-state index < -0.39 is 23.5 Å². The number of benzene rings is 2. The molecule has 1 aromatic heterocycles. The van der Waals surface area contributed by atoms with Gasteiger partial charge in [-0.05, 0) is 61.3 Å². The van der Waals surface area contributed by atoms with Crippen molar-refractivity contribution in [2.45, 2.75) is 24.9 Å².